The van der Waals surface area contributed by atoms with E-state index in [1.165, 1.54) is 0 Å². The van der Waals surface area contributed by atoms with E-state index in [9.17, 15) is 24.9 Å². The molecule has 0 unspecified atom stereocenters. The van der Waals surface area contributed by atoms with Crippen LogP contribution in [0.25, 0.3) is 0 Å². The second-order valence-electron chi connectivity index (χ2n) is 11.4. The summed E-state index contributed by atoms with van der Waals surface area (Å²) in [4.78, 5) is 27.3. The van der Waals surface area contributed by atoms with E-state index >= 15 is 0 Å². The summed E-state index contributed by atoms with van der Waals surface area (Å²) in [6.07, 6.45) is -0.795. The van der Waals surface area contributed by atoms with Gasteiger partial charge in [-0.15, -0.1) is 0 Å². The minimum Gasteiger partial charge on any atom is -0.461 e. The molecule has 1 aliphatic heterocycles. The number of aliphatic hydroxyl groups excluding tert-OH is 2. The average Bonchev–Trinajstić information content (AvgIpc) is 3.27. The molecule has 4 aliphatic carbocycles. The SMILES string of the molecule is C=C1C[C@]23C[C@@]1(O)CC[C@H]2[C@@]12OC(=O)[C@@](C)([C@H]1[C@@H]3C(=O)OCc1ccc(Br)cc1)[C@@H](O)[C@@H](O)[C@H]2I. The van der Waals surface area contributed by atoms with Crippen LogP contribution in [0.3, 0.4) is 0 Å². The quantitative estimate of drug-likeness (QED) is 0.198. The number of ether oxygens (including phenoxy) is 2. The number of rotatable bonds is 3. The van der Waals surface area contributed by atoms with Crippen LogP contribution >= 0.6 is 38.5 Å². The van der Waals surface area contributed by atoms with Crippen molar-refractivity contribution in [3.63, 3.8) is 0 Å². The number of halogens is 2. The maximum Gasteiger partial charge on any atom is 0.315 e. The number of aliphatic hydroxyl groups is 3. The topological polar surface area (TPSA) is 113 Å². The van der Waals surface area contributed by atoms with Crippen LogP contribution in [0.4, 0.5) is 0 Å². The molecule has 10 atom stereocenters. The molecule has 1 aromatic rings. The van der Waals surface area contributed by atoms with Crippen LogP contribution in [0.1, 0.15) is 38.2 Å². The first-order valence-corrected chi connectivity index (χ1v) is 14.0. The van der Waals surface area contributed by atoms with Crippen LogP contribution in [0.5, 0.6) is 0 Å². The van der Waals surface area contributed by atoms with Crippen molar-refractivity contribution in [1.29, 1.82) is 0 Å². The molecule has 4 saturated carbocycles. The van der Waals surface area contributed by atoms with Crippen molar-refractivity contribution in [2.45, 2.75) is 66.5 Å². The summed E-state index contributed by atoms with van der Waals surface area (Å²) in [6, 6.07) is 7.48. The predicted molar refractivity (Wildman–Crippen MR) is 136 cm³/mol. The van der Waals surface area contributed by atoms with E-state index < -0.39 is 61.9 Å². The third-order valence-electron chi connectivity index (χ3n) is 9.92. The number of hydrogen-bond acceptors (Lipinski definition) is 7. The number of benzene rings is 1. The molecular formula is C26H28BrIO7. The Morgan fingerprint density at radius 2 is 2.00 bits per heavy atom. The predicted octanol–water partition coefficient (Wildman–Crippen LogP) is 3.06. The van der Waals surface area contributed by atoms with Crippen molar-refractivity contribution in [3.8, 4) is 0 Å². The van der Waals surface area contributed by atoms with Gasteiger partial charge in [-0.05, 0) is 61.3 Å². The first-order valence-electron chi connectivity index (χ1n) is 12.0. The fourth-order valence-corrected chi connectivity index (χ4v) is 10.1. The van der Waals surface area contributed by atoms with Gasteiger partial charge < -0.3 is 24.8 Å². The van der Waals surface area contributed by atoms with Crippen LogP contribution in [0, 0.1) is 28.6 Å². The lowest BCUT2D eigenvalue weighted by Gasteiger charge is -2.50. The Kier molecular flexibility index (Phi) is 5.23. The highest BCUT2D eigenvalue weighted by molar-refractivity contribution is 14.1. The summed E-state index contributed by atoms with van der Waals surface area (Å²) < 4.78 is 12.4. The standard InChI is InChI=1S/C26H28BrIO7/c1-12-9-24-11-25(12,33)8-7-15(24)26-18(23(2,22(32)35-26)20(30)17(29)19(26)28)16(24)21(31)34-10-13-3-5-14(27)6-4-13/h3-6,15-20,29-30,33H,1,7-11H2,2H3/t15-,16-,17+,18-,19-,20+,23+,24+,25+,26-/m1/s1. The number of hydrogen-bond donors (Lipinski definition) is 3. The van der Waals surface area contributed by atoms with Gasteiger partial charge in [0.2, 0.25) is 0 Å². The van der Waals surface area contributed by atoms with E-state index in [0.29, 0.717) is 31.3 Å². The van der Waals surface area contributed by atoms with Gasteiger partial charge in [0.1, 0.15) is 17.6 Å². The highest BCUT2D eigenvalue weighted by Gasteiger charge is 2.87. The molecular weight excluding hydrogens is 631 g/mol. The molecule has 6 rings (SSSR count). The van der Waals surface area contributed by atoms with Crippen molar-refractivity contribution >= 4 is 50.5 Å². The zero-order chi connectivity index (χ0) is 25.1. The number of carbonyl (C=O) groups is 2. The molecule has 1 spiro atoms. The molecule has 1 aromatic carbocycles. The summed E-state index contributed by atoms with van der Waals surface area (Å²) >= 11 is 5.49. The van der Waals surface area contributed by atoms with Crippen LogP contribution in [0.2, 0.25) is 0 Å². The van der Waals surface area contributed by atoms with E-state index in [-0.39, 0.29) is 12.5 Å². The molecule has 188 valence electrons. The maximum atomic E-state index is 14.0. The van der Waals surface area contributed by atoms with Gasteiger partial charge in [-0.2, -0.15) is 0 Å². The number of alkyl halides is 1. The average molecular weight is 659 g/mol. The number of fused-ring (bicyclic) bond motifs is 1. The molecule has 1 saturated heterocycles. The van der Waals surface area contributed by atoms with Gasteiger partial charge in [-0.1, -0.05) is 57.2 Å². The molecule has 0 aromatic heterocycles. The molecule has 3 N–H and O–H groups in total. The first kappa shape index (κ1) is 24.3. The summed E-state index contributed by atoms with van der Waals surface area (Å²) in [5.74, 6) is -2.77. The van der Waals surface area contributed by atoms with Crippen LogP contribution < -0.4 is 0 Å². The molecule has 5 aliphatic rings. The Bertz CT molecular complexity index is 1140. The molecule has 0 radical (unpaired) electrons. The lowest BCUT2D eigenvalue weighted by atomic mass is 9.58. The van der Waals surface area contributed by atoms with Crippen LogP contribution in [-0.4, -0.2) is 54.6 Å². The highest BCUT2D eigenvalue weighted by atomic mass is 127. The van der Waals surface area contributed by atoms with Crippen molar-refractivity contribution in [2.75, 3.05) is 0 Å². The van der Waals surface area contributed by atoms with E-state index in [4.69, 9.17) is 9.47 Å². The Morgan fingerprint density at radius 3 is 2.69 bits per heavy atom. The molecule has 35 heavy (non-hydrogen) atoms. The third-order valence-corrected chi connectivity index (χ3v) is 12.2. The second kappa shape index (κ2) is 7.52. The molecule has 5 fully saturated rings. The first-order chi connectivity index (χ1) is 16.4. The second-order valence-corrected chi connectivity index (χ2v) is 13.6. The van der Waals surface area contributed by atoms with Gasteiger partial charge in [0.05, 0.1) is 27.7 Å². The molecule has 4 bridgehead atoms. The lowest BCUT2D eigenvalue weighted by molar-refractivity contribution is -0.169. The maximum absolute atomic E-state index is 14.0. The van der Waals surface area contributed by atoms with Crippen molar-refractivity contribution in [3.05, 3.63) is 46.5 Å². The fourth-order valence-electron chi connectivity index (χ4n) is 8.45. The Labute approximate surface area is 225 Å². The van der Waals surface area contributed by atoms with Crippen LogP contribution in [-0.2, 0) is 25.7 Å². The van der Waals surface area contributed by atoms with Crippen molar-refractivity contribution < 1.29 is 34.4 Å². The van der Waals surface area contributed by atoms with Crippen molar-refractivity contribution in [2.24, 2.45) is 28.6 Å². The van der Waals surface area contributed by atoms with Gasteiger partial charge >= 0.3 is 11.9 Å². The fraction of sp³-hybridized carbons (Fsp3) is 0.615. The minimum atomic E-state index is -1.46. The number of esters is 2. The summed E-state index contributed by atoms with van der Waals surface area (Å²) in [5.41, 5.74) is -2.87. The normalized spacial score (nSPS) is 49.4. The third kappa shape index (κ3) is 2.82. The Balaban J connectivity index is 1.47. The van der Waals surface area contributed by atoms with E-state index in [0.717, 1.165) is 10.0 Å². The van der Waals surface area contributed by atoms with E-state index in [1.54, 1.807) is 6.92 Å². The highest BCUT2D eigenvalue weighted by Crippen LogP contribution is 2.79. The Hall–Kier alpha value is -1.01. The van der Waals surface area contributed by atoms with Gasteiger partial charge in [-0.3, -0.25) is 9.59 Å². The molecule has 7 nitrogen and oxygen atoms in total. The lowest BCUT2D eigenvalue weighted by Crippen LogP contribution is -2.65. The summed E-state index contributed by atoms with van der Waals surface area (Å²) in [6.45, 7) is 5.84. The monoisotopic (exact) mass is 658 g/mol. The van der Waals surface area contributed by atoms with Gasteiger partial charge in [0, 0.05) is 16.3 Å². The van der Waals surface area contributed by atoms with Gasteiger partial charge in [-0.25, -0.2) is 0 Å². The zero-order valence-electron chi connectivity index (χ0n) is 19.2. The number of carbonyl (C=O) groups excluding carboxylic acids is 2. The molecule has 1 heterocycles. The summed E-state index contributed by atoms with van der Waals surface area (Å²) in [7, 11) is 0. The smallest absolute Gasteiger partial charge is 0.315 e. The molecule has 0 amide bonds. The van der Waals surface area contributed by atoms with Crippen molar-refractivity contribution in [1.82, 2.24) is 0 Å². The Morgan fingerprint density at radius 1 is 1.31 bits per heavy atom. The molecule has 9 heteroatoms. The largest absolute Gasteiger partial charge is 0.461 e. The van der Waals surface area contributed by atoms with Crippen LogP contribution in [0.15, 0.2) is 40.9 Å². The van der Waals surface area contributed by atoms with E-state index in [1.807, 2.05) is 24.3 Å². The minimum absolute atomic E-state index is 0.0681. The zero-order valence-corrected chi connectivity index (χ0v) is 23.0. The van der Waals surface area contributed by atoms with E-state index in [2.05, 4.69) is 45.1 Å². The van der Waals surface area contributed by atoms with Gasteiger partial charge in [0.25, 0.3) is 0 Å². The van der Waals surface area contributed by atoms with Gasteiger partial charge in [0.15, 0.2) is 0 Å². The summed E-state index contributed by atoms with van der Waals surface area (Å²) in [5, 5.41) is 33.6.